The predicted octanol–water partition coefficient (Wildman–Crippen LogP) is 1.92. The Morgan fingerprint density at radius 1 is 0.512 bits per heavy atom. The van der Waals surface area contributed by atoms with Gasteiger partial charge in [-0.3, -0.25) is 0 Å². The Morgan fingerprint density at radius 2 is 0.791 bits per heavy atom. The number of hydrogen-bond donors (Lipinski definition) is 1. The van der Waals surface area contributed by atoms with Gasteiger partial charge >= 0.3 is 5.97 Å². The second kappa shape index (κ2) is 29.7. The van der Waals surface area contributed by atoms with Crippen LogP contribution in [0.5, 0.6) is 5.75 Å². The smallest absolute Gasteiger partial charge is 0.333 e. The van der Waals surface area contributed by atoms with Gasteiger partial charge in [-0.05, 0) is 31.2 Å². The lowest BCUT2D eigenvalue weighted by molar-refractivity contribution is -0.140. The number of esters is 1. The summed E-state index contributed by atoms with van der Waals surface area (Å²) in [7, 11) is 0. The molecule has 2 N–H and O–H groups in total. The van der Waals surface area contributed by atoms with Gasteiger partial charge in [-0.2, -0.15) is 0 Å². The highest BCUT2D eigenvalue weighted by Crippen LogP contribution is 2.12. The van der Waals surface area contributed by atoms with Crippen LogP contribution in [0.25, 0.3) is 0 Å². The maximum absolute atomic E-state index is 11.2. The van der Waals surface area contributed by atoms with Gasteiger partial charge in [0.05, 0.1) is 119 Å². The first-order valence-electron chi connectivity index (χ1n) is 14.6. The predicted molar refractivity (Wildman–Crippen MR) is 159 cm³/mol. The molecule has 248 valence electrons. The normalized spacial score (nSPS) is 11.1. The second-order valence-electron chi connectivity index (χ2n) is 8.85. The lowest BCUT2D eigenvalue weighted by atomic mass is 10.3. The van der Waals surface area contributed by atoms with E-state index in [1.54, 1.807) is 19.1 Å². The zero-order valence-corrected chi connectivity index (χ0v) is 25.6. The maximum Gasteiger partial charge on any atom is 0.333 e. The fourth-order valence-corrected chi connectivity index (χ4v) is 2.96. The van der Waals surface area contributed by atoms with Crippen molar-refractivity contribution in [1.29, 1.82) is 0 Å². The van der Waals surface area contributed by atoms with Crippen LogP contribution in [0.2, 0.25) is 0 Å². The fourth-order valence-electron chi connectivity index (χ4n) is 2.96. The highest BCUT2D eigenvalue weighted by atomic mass is 16.6. The van der Waals surface area contributed by atoms with Crippen molar-refractivity contribution in [2.75, 3.05) is 138 Å². The third-order valence-corrected chi connectivity index (χ3v) is 5.16. The summed E-state index contributed by atoms with van der Waals surface area (Å²) in [5.74, 6) is 0.355. The van der Waals surface area contributed by atoms with Gasteiger partial charge in [0.15, 0.2) is 0 Å². The molecule has 0 bridgehead atoms. The number of nitrogen functional groups attached to an aromatic ring is 1. The number of carbonyl (C=O) groups is 1. The van der Waals surface area contributed by atoms with Crippen molar-refractivity contribution >= 4 is 11.7 Å². The Hall–Kier alpha value is -2.33. The lowest BCUT2D eigenvalue weighted by Gasteiger charge is -2.09. The van der Waals surface area contributed by atoms with E-state index in [0.717, 1.165) is 5.75 Å². The first-order valence-corrected chi connectivity index (χ1v) is 14.6. The Kier molecular flexibility index (Phi) is 26.8. The molecular weight excluding hydrogens is 566 g/mol. The van der Waals surface area contributed by atoms with E-state index >= 15 is 0 Å². The van der Waals surface area contributed by atoms with Crippen LogP contribution >= 0.6 is 0 Å². The van der Waals surface area contributed by atoms with E-state index < -0.39 is 5.97 Å². The Labute approximate surface area is 255 Å². The summed E-state index contributed by atoms with van der Waals surface area (Å²) in [5, 5.41) is 0. The molecule has 0 radical (unpaired) electrons. The van der Waals surface area contributed by atoms with Crippen molar-refractivity contribution in [3.05, 3.63) is 36.4 Å². The van der Waals surface area contributed by atoms with E-state index in [4.69, 9.17) is 57.8 Å². The molecule has 43 heavy (non-hydrogen) atoms. The van der Waals surface area contributed by atoms with Gasteiger partial charge in [-0.1, -0.05) is 6.58 Å². The molecule has 0 heterocycles. The molecule has 0 amide bonds. The number of rotatable bonds is 32. The molecule has 0 spiro atoms. The van der Waals surface area contributed by atoms with E-state index in [1.807, 2.05) is 12.1 Å². The highest BCUT2D eigenvalue weighted by Gasteiger charge is 2.02. The lowest BCUT2D eigenvalue weighted by Crippen LogP contribution is -2.15. The molecule has 0 fully saturated rings. The molecule has 13 nitrogen and oxygen atoms in total. The second-order valence-corrected chi connectivity index (χ2v) is 8.85. The van der Waals surface area contributed by atoms with E-state index in [0.29, 0.717) is 137 Å². The molecule has 0 aliphatic rings. The standard InChI is InChI=1S/C30H51NO12/c1-27(2)30(32)43-26-24-41-22-20-39-18-16-37-14-12-35-10-8-33-7-9-34-11-13-36-15-17-38-19-21-40-23-25-42-29-5-3-28(31)4-6-29/h3-6H,1,7-26,31H2,2H3. The van der Waals surface area contributed by atoms with Crippen LogP contribution in [-0.4, -0.2) is 138 Å². The van der Waals surface area contributed by atoms with Gasteiger partial charge in [0.25, 0.3) is 0 Å². The number of ether oxygens (including phenoxy) is 11. The summed E-state index contributed by atoms with van der Waals surface area (Å²) in [6.07, 6.45) is 0. The van der Waals surface area contributed by atoms with Gasteiger partial charge in [-0.25, -0.2) is 4.79 Å². The minimum absolute atomic E-state index is 0.199. The largest absolute Gasteiger partial charge is 0.491 e. The molecule has 0 aromatic heterocycles. The van der Waals surface area contributed by atoms with Gasteiger partial charge < -0.3 is 57.8 Å². The van der Waals surface area contributed by atoms with Crippen molar-refractivity contribution < 1.29 is 56.9 Å². The third kappa shape index (κ3) is 27.0. The highest BCUT2D eigenvalue weighted by molar-refractivity contribution is 5.86. The summed E-state index contributed by atoms with van der Waals surface area (Å²) in [4.78, 5) is 11.2. The molecule has 0 aliphatic carbocycles. The summed E-state index contributed by atoms with van der Waals surface area (Å²) in [5.41, 5.74) is 6.71. The van der Waals surface area contributed by atoms with Crippen molar-refractivity contribution in [3.8, 4) is 5.75 Å². The molecule has 0 saturated heterocycles. The number of carbonyl (C=O) groups excluding carboxylic acids is 1. The fraction of sp³-hybridized carbons (Fsp3) is 0.700. The van der Waals surface area contributed by atoms with Crippen molar-refractivity contribution in [3.63, 3.8) is 0 Å². The summed E-state index contributed by atoms with van der Waals surface area (Å²) >= 11 is 0. The van der Waals surface area contributed by atoms with Crippen LogP contribution in [-0.2, 0) is 52.2 Å². The summed E-state index contributed by atoms with van der Waals surface area (Å²) < 4.78 is 59.3. The Balaban J connectivity index is 1.64. The zero-order chi connectivity index (χ0) is 31.1. The SMILES string of the molecule is C=C(C)C(=O)OCCOCCOCCOCCOCCOCCOCCOCCOCCOCCOc1ccc(N)cc1. The van der Waals surface area contributed by atoms with E-state index in [2.05, 4.69) is 6.58 Å². The minimum atomic E-state index is -0.413. The first-order chi connectivity index (χ1) is 21.1. The number of nitrogens with two attached hydrogens (primary N) is 1. The Bertz CT molecular complexity index is 781. The van der Waals surface area contributed by atoms with Crippen LogP contribution in [0.4, 0.5) is 5.69 Å². The zero-order valence-electron chi connectivity index (χ0n) is 25.6. The van der Waals surface area contributed by atoms with Crippen molar-refractivity contribution in [2.24, 2.45) is 0 Å². The third-order valence-electron chi connectivity index (χ3n) is 5.16. The summed E-state index contributed by atoms with van der Waals surface area (Å²) in [6, 6.07) is 7.25. The number of benzene rings is 1. The van der Waals surface area contributed by atoms with Gasteiger partial charge in [0, 0.05) is 11.3 Å². The maximum atomic E-state index is 11.2. The molecule has 0 unspecified atom stereocenters. The first kappa shape index (κ1) is 38.7. The molecular formula is C30H51NO12. The molecule has 1 aromatic rings. The van der Waals surface area contributed by atoms with Crippen molar-refractivity contribution in [2.45, 2.75) is 6.92 Å². The monoisotopic (exact) mass is 617 g/mol. The van der Waals surface area contributed by atoms with E-state index in [-0.39, 0.29) is 6.61 Å². The summed E-state index contributed by atoms with van der Waals surface area (Å²) in [6.45, 7) is 14.3. The van der Waals surface area contributed by atoms with Crippen LogP contribution in [0.15, 0.2) is 36.4 Å². The van der Waals surface area contributed by atoms with Gasteiger partial charge in [0.2, 0.25) is 0 Å². The average molecular weight is 618 g/mol. The molecule has 0 atom stereocenters. The van der Waals surface area contributed by atoms with Crippen LogP contribution in [0.1, 0.15) is 6.92 Å². The van der Waals surface area contributed by atoms with Crippen LogP contribution in [0.3, 0.4) is 0 Å². The molecule has 0 saturated carbocycles. The topological polar surface area (TPSA) is 145 Å². The van der Waals surface area contributed by atoms with Gasteiger partial charge in [-0.15, -0.1) is 0 Å². The van der Waals surface area contributed by atoms with E-state index in [9.17, 15) is 4.79 Å². The Morgan fingerprint density at radius 3 is 1.09 bits per heavy atom. The van der Waals surface area contributed by atoms with Gasteiger partial charge in [0.1, 0.15) is 19.0 Å². The number of anilines is 1. The average Bonchev–Trinajstić information content (AvgIpc) is 3.00. The van der Waals surface area contributed by atoms with E-state index in [1.165, 1.54) is 0 Å². The quantitative estimate of drug-likeness (QED) is 0.0544. The molecule has 1 aromatic carbocycles. The molecule has 1 rings (SSSR count). The van der Waals surface area contributed by atoms with Crippen LogP contribution in [0, 0.1) is 0 Å². The molecule has 13 heteroatoms. The minimum Gasteiger partial charge on any atom is -0.491 e. The van der Waals surface area contributed by atoms with Crippen molar-refractivity contribution in [1.82, 2.24) is 0 Å². The van der Waals surface area contributed by atoms with Crippen LogP contribution < -0.4 is 10.5 Å². The number of hydrogen-bond acceptors (Lipinski definition) is 13. The molecule has 0 aliphatic heterocycles.